The number of amides is 1. The minimum Gasteiger partial charge on any atom is -0.455 e. The van der Waals surface area contributed by atoms with Crippen molar-refractivity contribution in [2.75, 3.05) is 31.6 Å². The third-order valence-corrected chi connectivity index (χ3v) is 4.30. The predicted molar refractivity (Wildman–Crippen MR) is 105 cm³/mol. The van der Waals surface area contributed by atoms with Gasteiger partial charge in [-0.1, -0.05) is 30.3 Å². The molecule has 0 bridgehead atoms. The van der Waals surface area contributed by atoms with Crippen LogP contribution in [0.25, 0.3) is 0 Å². The number of aromatic nitrogens is 2. The van der Waals surface area contributed by atoms with Crippen LogP contribution in [0.15, 0.2) is 67.0 Å². The van der Waals surface area contributed by atoms with E-state index in [9.17, 15) is 4.79 Å². The third kappa shape index (κ3) is 4.27. The van der Waals surface area contributed by atoms with Crippen LogP contribution in [-0.2, 0) is 4.74 Å². The smallest absolute Gasteiger partial charge is 0.257 e. The monoisotopic (exact) mass is 376 g/mol. The number of rotatable bonds is 5. The number of nitrogens with one attached hydrogen (secondary N) is 1. The number of ether oxygens (including phenoxy) is 2. The molecule has 2 heterocycles. The van der Waals surface area contributed by atoms with Crippen molar-refractivity contribution in [2.24, 2.45) is 0 Å². The van der Waals surface area contributed by atoms with Crippen LogP contribution < -0.4 is 10.1 Å². The first-order chi connectivity index (χ1) is 13.8. The quantitative estimate of drug-likeness (QED) is 0.735. The normalized spacial score (nSPS) is 13.8. The number of hydrogen-bond acceptors (Lipinski definition) is 6. The number of hydrogen-bond donors (Lipinski definition) is 1. The molecule has 1 aromatic heterocycles. The summed E-state index contributed by atoms with van der Waals surface area (Å²) < 4.78 is 11.2. The Labute approximate surface area is 163 Å². The lowest BCUT2D eigenvalue weighted by atomic mass is 10.2. The zero-order valence-electron chi connectivity index (χ0n) is 15.2. The maximum atomic E-state index is 12.5. The van der Waals surface area contributed by atoms with E-state index in [2.05, 4.69) is 15.3 Å². The van der Waals surface area contributed by atoms with Crippen molar-refractivity contribution in [1.29, 1.82) is 0 Å². The van der Waals surface area contributed by atoms with Crippen molar-refractivity contribution in [1.82, 2.24) is 14.9 Å². The van der Waals surface area contributed by atoms with E-state index >= 15 is 0 Å². The van der Waals surface area contributed by atoms with Crippen LogP contribution in [0.3, 0.4) is 0 Å². The summed E-state index contributed by atoms with van der Waals surface area (Å²) in [5.74, 6) is 1.71. The number of carbonyl (C=O) groups excluding carboxylic acids is 1. The highest BCUT2D eigenvalue weighted by Gasteiger charge is 2.19. The second-order valence-corrected chi connectivity index (χ2v) is 6.24. The molecule has 0 aliphatic carbocycles. The SMILES string of the molecule is O=C(c1cnc(Nc2ccccc2Oc2ccccc2)nc1)N1CCOCC1. The molecule has 1 aliphatic heterocycles. The van der Waals surface area contributed by atoms with Crippen LogP contribution >= 0.6 is 0 Å². The Balaban J connectivity index is 1.47. The van der Waals surface area contributed by atoms with E-state index in [0.29, 0.717) is 43.6 Å². The third-order valence-electron chi connectivity index (χ3n) is 4.30. The highest BCUT2D eigenvalue weighted by atomic mass is 16.5. The summed E-state index contributed by atoms with van der Waals surface area (Å²) in [6.07, 6.45) is 3.07. The Hall–Kier alpha value is -3.45. The Bertz CT molecular complexity index is 926. The summed E-state index contributed by atoms with van der Waals surface area (Å²) in [7, 11) is 0. The Morgan fingerprint density at radius 2 is 1.64 bits per heavy atom. The van der Waals surface area contributed by atoms with E-state index in [-0.39, 0.29) is 5.91 Å². The van der Waals surface area contributed by atoms with Gasteiger partial charge < -0.3 is 19.7 Å². The van der Waals surface area contributed by atoms with E-state index < -0.39 is 0 Å². The van der Waals surface area contributed by atoms with Crippen LogP contribution in [0, 0.1) is 0 Å². The fourth-order valence-corrected chi connectivity index (χ4v) is 2.85. The van der Waals surface area contributed by atoms with Gasteiger partial charge in [0.15, 0.2) is 5.75 Å². The number of morpholine rings is 1. The largest absolute Gasteiger partial charge is 0.455 e. The highest BCUT2D eigenvalue weighted by molar-refractivity contribution is 5.93. The lowest BCUT2D eigenvalue weighted by molar-refractivity contribution is 0.0302. The number of nitrogens with zero attached hydrogens (tertiary/aromatic N) is 3. The average Bonchev–Trinajstić information content (AvgIpc) is 2.76. The lowest BCUT2D eigenvalue weighted by Gasteiger charge is -2.26. The molecule has 7 nitrogen and oxygen atoms in total. The van der Waals surface area contributed by atoms with E-state index in [0.717, 1.165) is 11.4 Å². The van der Waals surface area contributed by atoms with Crippen molar-refractivity contribution < 1.29 is 14.3 Å². The molecule has 3 aromatic rings. The van der Waals surface area contributed by atoms with Gasteiger partial charge in [0.2, 0.25) is 5.95 Å². The van der Waals surface area contributed by atoms with Crippen molar-refractivity contribution >= 4 is 17.5 Å². The molecule has 1 amide bonds. The standard InChI is InChI=1S/C21H20N4O3/c26-20(25-10-12-27-13-11-25)16-14-22-21(23-15-16)24-18-8-4-5-9-19(18)28-17-6-2-1-3-7-17/h1-9,14-15H,10-13H2,(H,22,23,24). The van der Waals surface area contributed by atoms with E-state index in [1.54, 1.807) is 4.90 Å². The Morgan fingerprint density at radius 1 is 0.964 bits per heavy atom. The fourth-order valence-electron chi connectivity index (χ4n) is 2.85. The zero-order valence-corrected chi connectivity index (χ0v) is 15.2. The highest BCUT2D eigenvalue weighted by Crippen LogP contribution is 2.30. The minimum atomic E-state index is -0.0809. The second-order valence-electron chi connectivity index (χ2n) is 6.24. The van der Waals surface area contributed by atoms with Gasteiger partial charge in [-0.25, -0.2) is 9.97 Å². The van der Waals surface area contributed by atoms with Crippen molar-refractivity contribution in [3.05, 3.63) is 72.6 Å². The number of anilines is 2. The Kier molecular flexibility index (Phi) is 5.44. The summed E-state index contributed by atoms with van der Waals surface area (Å²) in [6.45, 7) is 2.29. The number of carbonyl (C=O) groups is 1. The molecule has 142 valence electrons. The van der Waals surface area contributed by atoms with Crippen molar-refractivity contribution in [3.63, 3.8) is 0 Å². The maximum Gasteiger partial charge on any atom is 0.257 e. The molecular formula is C21H20N4O3. The van der Waals surface area contributed by atoms with Gasteiger partial charge in [0.1, 0.15) is 5.75 Å². The summed E-state index contributed by atoms with van der Waals surface area (Å²) in [5.41, 5.74) is 1.19. The maximum absolute atomic E-state index is 12.5. The van der Waals surface area contributed by atoms with Crippen molar-refractivity contribution in [2.45, 2.75) is 0 Å². The molecule has 0 atom stereocenters. The first kappa shape index (κ1) is 17.9. The zero-order chi connectivity index (χ0) is 19.2. The molecular weight excluding hydrogens is 356 g/mol. The van der Waals surface area contributed by atoms with Gasteiger partial charge in [-0.15, -0.1) is 0 Å². The fraction of sp³-hybridized carbons (Fsp3) is 0.190. The first-order valence-electron chi connectivity index (χ1n) is 9.07. The summed E-state index contributed by atoms with van der Waals surface area (Å²) in [5, 5.41) is 3.15. The molecule has 7 heteroatoms. The molecule has 0 spiro atoms. The topological polar surface area (TPSA) is 76.6 Å². The van der Waals surface area contributed by atoms with Crippen LogP contribution in [-0.4, -0.2) is 47.1 Å². The van der Waals surface area contributed by atoms with Crippen LogP contribution in [0.2, 0.25) is 0 Å². The van der Waals surface area contributed by atoms with E-state index in [4.69, 9.17) is 9.47 Å². The molecule has 4 rings (SSSR count). The average molecular weight is 376 g/mol. The lowest BCUT2D eigenvalue weighted by Crippen LogP contribution is -2.40. The van der Waals surface area contributed by atoms with Crippen LogP contribution in [0.1, 0.15) is 10.4 Å². The second kappa shape index (κ2) is 8.49. The summed E-state index contributed by atoms with van der Waals surface area (Å²) in [4.78, 5) is 22.8. The van der Waals surface area contributed by atoms with Crippen molar-refractivity contribution in [3.8, 4) is 11.5 Å². The Morgan fingerprint density at radius 3 is 2.39 bits per heavy atom. The van der Waals surface area contributed by atoms with Gasteiger partial charge >= 0.3 is 0 Å². The minimum absolute atomic E-state index is 0.0809. The molecule has 1 aliphatic rings. The van der Waals surface area contributed by atoms with Gasteiger partial charge in [-0.3, -0.25) is 4.79 Å². The molecule has 28 heavy (non-hydrogen) atoms. The van der Waals surface area contributed by atoms with E-state index in [1.165, 1.54) is 12.4 Å². The molecule has 1 saturated heterocycles. The number of benzene rings is 2. The molecule has 0 unspecified atom stereocenters. The van der Waals surface area contributed by atoms with Gasteiger partial charge in [0, 0.05) is 25.5 Å². The molecule has 0 radical (unpaired) electrons. The van der Waals surface area contributed by atoms with Gasteiger partial charge in [0.25, 0.3) is 5.91 Å². The molecule has 0 saturated carbocycles. The summed E-state index contributed by atoms with van der Waals surface area (Å²) in [6, 6.07) is 17.1. The van der Waals surface area contributed by atoms with E-state index in [1.807, 2.05) is 54.6 Å². The summed E-state index contributed by atoms with van der Waals surface area (Å²) >= 11 is 0. The molecule has 1 N–H and O–H groups in total. The number of para-hydroxylation sites is 3. The molecule has 1 fully saturated rings. The predicted octanol–water partition coefficient (Wildman–Crippen LogP) is 3.48. The van der Waals surface area contributed by atoms with Gasteiger partial charge in [0.05, 0.1) is 24.5 Å². The first-order valence-corrected chi connectivity index (χ1v) is 9.07. The van der Waals surface area contributed by atoms with Crippen LogP contribution in [0.5, 0.6) is 11.5 Å². The van der Waals surface area contributed by atoms with Gasteiger partial charge in [-0.2, -0.15) is 0 Å². The molecule has 2 aromatic carbocycles. The van der Waals surface area contributed by atoms with Crippen LogP contribution in [0.4, 0.5) is 11.6 Å². The van der Waals surface area contributed by atoms with Gasteiger partial charge in [-0.05, 0) is 24.3 Å².